The largest absolute Gasteiger partial charge is 0.335 e. The van der Waals surface area contributed by atoms with Crippen LogP contribution in [0.3, 0.4) is 0 Å². The smallest absolute Gasteiger partial charge is 0.264 e. The molecule has 2 aliphatic rings. The molecule has 4 rings (SSSR count). The molecule has 1 amide bonds. The van der Waals surface area contributed by atoms with Crippen molar-refractivity contribution in [1.82, 2.24) is 9.80 Å². The number of fused-ring (bicyclic) bond motifs is 1. The van der Waals surface area contributed by atoms with Crippen molar-refractivity contribution in [3.63, 3.8) is 0 Å². The van der Waals surface area contributed by atoms with Crippen LogP contribution in [-0.4, -0.2) is 41.9 Å². The van der Waals surface area contributed by atoms with E-state index in [1.807, 2.05) is 4.90 Å². The van der Waals surface area contributed by atoms with Gasteiger partial charge < -0.3 is 4.90 Å². The number of hydrogen-bond donors (Lipinski definition) is 0. The van der Waals surface area contributed by atoms with E-state index in [9.17, 15) is 4.79 Å². The van der Waals surface area contributed by atoms with E-state index in [1.165, 1.54) is 22.4 Å². The van der Waals surface area contributed by atoms with Gasteiger partial charge in [0.05, 0.1) is 4.88 Å². The first-order valence-corrected chi connectivity index (χ1v) is 10.2. The van der Waals surface area contributed by atoms with Gasteiger partial charge in [-0.25, -0.2) is 0 Å². The first kappa shape index (κ1) is 16.8. The van der Waals surface area contributed by atoms with Crippen LogP contribution in [0.5, 0.6) is 0 Å². The maximum absolute atomic E-state index is 12.9. The lowest BCUT2D eigenvalue weighted by Crippen LogP contribution is -2.48. The zero-order valence-electron chi connectivity index (χ0n) is 14.9. The standard InChI is InChI=1S/C21H26N2OS/c1-16-7-8-19-18(13-16)14-20(25-19)21(24)23-11-9-22(10-12-23)15-17-5-3-2-4-6-17/h2-6,14,16H,7-13,15H2,1H3/t16-/m0/s1. The average Bonchev–Trinajstić information content (AvgIpc) is 3.06. The molecule has 2 aromatic rings. The fraction of sp³-hybridized carbons (Fsp3) is 0.476. The lowest BCUT2D eigenvalue weighted by Gasteiger charge is -2.34. The number of carbonyl (C=O) groups is 1. The minimum Gasteiger partial charge on any atom is -0.335 e. The summed E-state index contributed by atoms with van der Waals surface area (Å²) in [6, 6.07) is 12.8. The Hall–Kier alpha value is -1.65. The SMILES string of the molecule is C[C@H]1CCc2sc(C(=O)N3CCN(Cc4ccccc4)CC3)cc2C1. The number of carbonyl (C=O) groups excluding carboxylic acids is 1. The second kappa shape index (κ2) is 7.30. The predicted octanol–water partition coefficient (Wildman–Crippen LogP) is 3.83. The second-order valence-corrected chi connectivity index (χ2v) is 8.60. The van der Waals surface area contributed by atoms with E-state index < -0.39 is 0 Å². The molecule has 0 spiro atoms. The van der Waals surface area contributed by atoms with Crippen molar-refractivity contribution in [2.45, 2.75) is 32.7 Å². The number of piperazine rings is 1. The predicted molar refractivity (Wildman–Crippen MR) is 103 cm³/mol. The fourth-order valence-corrected chi connectivity index (χ4v) is 5.09. The van der Waals surface area contributed by atoms with Gasteiger partial charge >= 0.3 is 0 Å². The van der Waals surface area contributed by atoms with Gasteiger partial charge in [-0.05, 0) is 42.4 Å². The van der Waals surface area contributed by atoms with Crippen LogP contribution in [0.25, 0.3) is 0 Å². The molecule has 0 unspecified atom stereocenters. The molecule has 1 aliphatic heterocycles. The molecule has 25 heavy (non-hydrogen) atoms. The first-order chi connectivity index (χ1) is 12.2. The summed E-state index contributed by atoms with van der Waals surface area (Å²) in [5.41, 5.74) is 2.78. The van der Waals surface area contributed by atoms with E-state index in [1.54, 1.807) is 11.3 Å². The number of thiophene rings is 1. The number of nitrogens with zero attached hydrogens (tertiary/aromatic N) is 2. The van der Waals surface area contributed by atoms with Crippen LogP contribution >= 0.6 is 11.3 Å². The van der Waals surface area contributed by atoms with Gasteiger partial charge in [-0.3, -0.25) is 9.69 Å². The van der Waals surface area contributed by atoms with Gasteiger partial charge in [0.25, 0.3) is 5.91 Å². The lowest BCUT2D eigenvalue weighted by molar-refractivity contribution is 0.0633. The minimum atomic E-state index is 0.242. The number of benzene rings is 1. The molecular weight excluding hydrogens is 328 g/mol. The molecule has 0 N–H and O–H groups in total. The van der Waals surface area contributed by atoms with Crippen LogP contribution in [0.1, 0.15) is 39.0 Å². The third-order valence-corrected chi connectivity index (χ3v) is 6.67. The van der Waals surface area contributed by atoms with Crippen LogP contribution in [0.15, 0.2) is 36.4 Å². The Morgan fingerprint density at radius 1 is 1.16 bits per heavy atom. The molecular formula is C21H26N2OS. The Bertz CT molecular complexity index is 732. The highest BCUT2D eigenvalue weighted by Gasteiger charge is 2.26. The van der Waals surface area contributed by atoms with Gasteiger partial charge in [0.15, 0.2) is 0 Å². The maximum Gasteiger partial charge on any atom is 0.264 e. The number of aryl methyl sites for hydroxylation is 1. The van der Waals surface area contributed by atoms with Crippen LogP contribution in [0.2, 0.25) is 0 Å². The molecule has 1 aromatic heterocycles. The Kier molecular flexibility index (Phi) is 4.91. The second-order valence-electron chi connectivity index (χ2n) is 7.46. The van der Waals surface area contributed by atoms with Crippen LogP contribution in [-0.2, 0) is 19.4 Å². The van der Waals surface area contributed by atoms with Crippen molar-refractivity contribution in [2.24, 2.45) is 5.92 Å². The van der Waals surface area contributed by atoms with Gasteiger partial charge in [-0.2, -0.15) is 0 Å². The summed E-state index contributed by atoms with van der Waals surface area (Å²) < 4.78 is 0. The topological polar surface area (TPSA) is 23.6 Å². The monoisotopic (exact) mass is 354 g/mol. The van der Waals surface area contributed by atoms with Gasteiger partial charge in [0.2, 0.25) is 0 Å². The van der Waals surface area contributed by atoms with Crippen LogP contribution in [0, 0.1) is 5.92 Å². The van der Waals surface area contributed by atoms with Crippen molar-refractivity contribution in [3.05, 3.63) is 57.3 Å². The van der Waals surface area contributed by atoms with Gasteiger partial charge in [0, 0.05) is 37.6 Å². The lowest BCUT2D eigenvalue weighted by atomic mass is 9.90. The Balaban J connectivity index is 1.35. The molecule has 1 aliphatic carbocycles. The zero-order chi connectivity index (χ0) is 17.2. The molecule has 0 bridgehead atoms. The molecule has 1 aromatic carbocycles. The Morgan fingerprint density at radius 2 is 1.92 bits per heavy atom. The van der Waals surface area contributed by atoms with E-state index >= 15 is 0 Å². The van der Waals surface area contributed by atoms with Crippen molar-refractivity contribution < 1.29 is 4.79 Å². The summed E-state index contributed by atoms with van der Waals surface area (Å²) in [6.07, 6.45) is 3.56. The van der Waals surface area contributed by atoms with Gasteiger partial charge in [-0.1, -0.05) is 37.3 Å². The van der Waals surface area contributed by atoms with Crippen LogP contribution < -0.4 is 0 Å². The fourth-order valence-electron chi connectivity index (χ4n) is 3.92. The number of hydrogen-bond acceptors (Lipinski definition) is 3. The maximum atomic E-state index is 12.9. The van der Waals surface area contributed by atoms with Crippen LogP contribution in [0.4, 0.5) is 0 Å². The van der Waals surface area contributed by atoms with Crippen molar-refractivity contribution in [2.75, 3.05) is 26.2 Å². The third-order valence-electron chi connectivity index (χ3n) is 5.45. The number of amides is 1. The number of rotatable bonds is 3. The van der Waals surface area contributed by atoms with E-state index in [0.717, 1.165) is 56.4 Å². The summed E-state index contributed by atoms with van der Waals surface area (Å²) in [5.74, 6) is 0.998. The molecule has 4 heteroatoms. The Morgan fingerprint density at radius 3 is 2.68 bits per heavy atom. The summed E-state index contributed by atoms with van der Waals surface area (Å²) in [5, 5.41) is 0. The molecule has 1 fully saturated rings. The normalized spacial score (nSPS) is 21.2. The molecule has 0 radical (unpaired) electrons. The molecule has 2 heterocycles. The summed E-state index contributed by atoms with van der Waals surface area (Å²) in [7, 11) is 0. The molecule has 0 saturated carbocycles. The Labute approximate surface area is 154 Å². The zero-order valence-corrected chi connectivity index (χ0v) is 15.7. The van der Waals surface area contributed by atoms with Gasteiger partial charge in [-0.15, -0.1) is 11.3 Å². The highest BCUT2D eigenvalue weighted by Crippen LogP contribution is 2.32. The van der Waals surface area contributed by atoms with Gasteiger partial charge in [0.1, 0.15) is 0 Å². The summed E-state index contributed by atoms with van der Waals surface area (Å²) in [4.78, 5) is 19.8. The third kappa shape index (κ3) is 3.80. The van der Waals surface area contributed by atoms with E-state index in [2.05, 4.69) is 48.2 Å². The van der Waals surface area contributed by atoms with Crippen molar-refractivity contribution >= 4 is 17.2 Å². The minimum absolute atomic E-state index is 0.242. The molecule has 132 valence electrons. The van der Waals surface area contributed by atoms with Crippen molar-refractivity contribution in [3.8, 4) is 0 Å². The average molecular weight is 355 g/mol. The summed E-state index contributed by atoms with van der Waals surface area (Å²) >= 11 is 1.74. The quantitative estimate of drug-likeness (QED) is 0.836. The van der Waals surface area contributed by atoms with E-state index in [-0.39, 0.29) is 5.91 Å². The highest BCUT2D eigenvalue weighted by molar-refractivity contribution is 7.14. The molecule has 1 saturated heterocycles. The van der Waals surface area contributed by atoms with E-state index in [0.29, 0.717) is 0 Å². The summed E-state index contributed by atoms with van der Waals surface area (Å²) in [6.45, 7) is 6.89. The highest BCUT2D eigenvalue weighted by atomic mass is 32.1. The van der Waals surface area contributed by atoms with E-state index in [4.69, 9.17) is 0 Å². The molecule has 3 nitrogen and oxygen atoms in total. The van der Waals surface area contributed by atoms with Crippen molar-refractivity contribution in [1.29, 1.82) is 0 Å². The molecule has 1 atom stereocenters. The first-order valence-electron chi connectivity index (χ1n) is 9.36.